The molecule has 0 bridgehead atoms. The van der Waals surface area contributed by atoms with Gasteiger partial charge in [0.25, 0.3) is 0 Å². The zero-order valence-electron chi connectivity index (χ0n) is 20.1. The summed E-state index contributed by atoms with van der Waals surface area (Å²) in [5.74, 6) is -3.35. The zero-order valence-corrected chi connectivity index (χ0v) is 21.7. The van der Waals surface area contributed by atoms with E-state index in [-0.39, 0.29) is 23.5 Å². The number of benzene rings is 2. The first-order chi connectivity index (χ1) is 18.3. The molecule has 0 radical (unpaired) electrons. The van der Waals surface area contributed by atoms with Gasteiger partial charge in [0, 0.05) is 40.6 Å². The maximum atomic E-state index is 13.3. The summed E-state index contributed by atoms with van der Waals surface area (Å²) in [5.41, 5.74) is 1.54. The molecule has 0 fully saturated rings. The molecule has 2 atom stereocenters. The minimum Gasteiger partial charge on any atom is -0.755 e. The number of halogens is 3. The lowest BCUT2D eigenvalue weighted by atomic mass is 9.93. The molecule has 4 rings (SSSR count). The van der Waals surface area contributed by atoms with Gasteiger partial charge in [0.15, 0.2) is 15.4 Å². The number of fused-ring (bicyclic) bond motifs is 1. The van der Waals surface area contributed by atoms with Gasteiger partial charge in [0.2, 0.25) is 0 Å². The van der Waals surface area contributed by atoms with E-state index in [1.54, 1.807) is 42.5 Å². The maximum absolute atomic E-state index is 13.3. The smallest absolute Gasteiger partial charge is 0.471 e. The van der Waals surface area contributed by atoms with Crippen molar-refractivity contribution in [2.24, 2.45) is 0 Å². The topological polar surface area (TPSA) is 146 Å². The molecular weight excluding hydrogens is 561 g/mol. The van der Waals surface area contributed by atoms with E-state index in [0.717, 1.165) is 6.26 Å². The number of para-hydroxylation sites is 1. The molecule has 15 heteroatoms. The van der Waals surface area contributed by atoms with Gasteiger partial charge in [-0.25, -0.2) is 13.4 Å². The van der Waals surface area contributed by atoms with E-state index in [1.165, 1.54) is 24.3 Å². The van der Waals surface area contributed by atoms with Crippen molar-refractivity contribution in [2.75, 3.05) is 16.4 Å². The van der Waals surface area contributed by atoms with Crippen molar-refractivity contribution >= 4 is 43.8 Å². The molecule has 1 amide bonds. The van der Waals surface area contributed by atoms with Gasteiger partial charge in [-0.3, -0.25) is 13.3 Å². The predicted octanol–water partition coefficient (Wildman–Crippen LogP) is 3.45. The van der Waals surface area contributed by atoms with Crippen LogP contribution in [0.4, 0.5) is 19.0 Å². The summed E-state index contributed by atoms with van der Waals surface area (Å²) in [7, 11) is -3.78. The lowest BCUT2D eigenvalue weighted by Gasteiger charge is -2.25. The van der Waals surface area contributed by atoms with Gasteiger partial charge in [-0.2, -0.15) is 13.2 Å². The second-order valence-electron chi connectivity index (χ2n) is 8.48. The van der Waals surface area contributed by atoms with Crippen molar-refractivity contribution < 1.29 is 39.7 Å². The molecule has 0 aliphatic rings. The molecule has 206 valence electrons. The molecule has 2 aromatic heterocycles. The number of nitrogens with one attached hydrogen (secondary N) is 1. The Morgan fingerprint density at radius 2 is 1.79 bits per heavy atom. The first-order valence-corrected chi connectivity index (χ1v) is 14.2. The fraction of sp³-hybridized carbons (Fsp3) is 0.208. The van der Waals surface area contributed by atoms with Gasteiger partial charge in [-0.05, 0) is 29.8 Å². The van der Waals surface area contributed by atoms with Crippen molar-refractivity contribution in [2.45, 2.75) is 18.6 Å². The van der Waals surface area contributed by atoms with Gasteiger partial charge < -0.3 is 14.4 Å². The number of aromatic nitrogens is 2. The first-order valence-electron chi connectivity index (χ1n) is 11.2. The number of carbonyl (C=O) groups is 1. The molecule has 10 nitrogen and oxygen atoms in total. The highest BCUT2D eigenvalue weighted by Gasteiger charge is 2.40. The van der Waals surface area contributed by atoms with Crippen LogP contribution in [0.3, 0.4) is 0 Å². The highest BCUT2D eigenvalue weighted by atomic mass is 32.2. The molecule has 0 spiro atoms. The van der Waals surface area contributed by atoms with Crippen molar-refractivity contribution in [3.63, 3.8) is 0 Å². The summed E-state index contributed by atoms with van der Waals surface area (Å²) in [6.07, 6.45) is -4.65. The van der Waals surface area contributed by atoms with E-state index in [4.69, 9.17) is 4.52 Å². The van der Waals surface area contributed by atoms with Gasteiger partial charge in [-0.15, -0.1) is 0 Å². The lowest BCUT2D eigenvalue weighted by molar-refractivity contribution is -0.174. The van der Waals surface area contributed by atoms with Crippen molar-refractivity contribution in [1.29, 1.82) is 0 Å². The average Bonchev–Trinajstić information content (AvgIpc) is 3.30. The zero-order chi connectivity index (χ0) is 28.4. The highest BCUT2D eigenvalue weighted by Crippen LogP contribution is 2.34. The van der Waals surface area contributed by atoms with Crippen molar-refractivity contribution in [1.82, 2.24) is 15.5 Å². The van der Waals surface area contributed by atoms with Crippen LogP contribution in [0.15, 0.2) is 71.3 Å². The van der Waals surface area contributed by atoms with Crippen LogP contribution in [-0.4, -0.2) is 51.5 Å². The fourth-order valence-electron chi connectivity index (χ4n) is 3.90. The number of amides is 1. The van der Waals surface area contributed by atoms with E-state index in [9.17, 15) is 35.1 Å². The lowest BCUT2D eigenvalue weighted by Crippen LogP contribution is -2.40. The Balaban J connectivity index is 1.78. The monoisotopic (exact) mass is 581 g/mol. The van der Waals surface area contributed by atoms with E-state index >= 15 is 0 Å². The number of sulfone groups is 1. The molecule has 0 saturated heterocycles. The van der Waals surface area contributed by atoms with Crippen LogP contribution in [0.25, 0.3) is 22.2 Å². The molecule has 2 unspecified atom stereocenters. The molecule has 39 heavy (non-hydrogen) atoms. The quantitative estimate of drug-likeness (QED) is 0.296. The SMILES string of the molecule is CS(=O)(=O)CN(c1cccc(CC(NC(=O)C(F)(F)F)c2ccccc2-c2noc3ccccc23)n1)S(=O)[O-]. The molecule has 1 N–H and O–H groups in total. The number of rotatable bonds is 9. The number of alkyl halides is 3. The summed E-state index contributed by atoms with van der Waals surface area (Å²) in [6.45, 7) is 0. The normalized spacial score (nSPS) is 13.7. The maximum Gasteiger partial charge on any atom is 0.471 e. The summed E-state index contributed by atoms with van der Waals surface area (Å²) >= 11 is -3.01. The Bertz CT molecular complexity index is 1640. The van der Waals surface area contributed by atoms with Crippen LogP contribution < -0.4 is 9.62 Å². The summed E-state index contributed by atoms with van der Waals surface area (Å²) in [5, 5.41) is 6.66. The Hall–Kier alpha value is -3.82. The third-order valence-corrected chi connectivity index (χ3v) is 7.09. The summed E-state index contributed by atoms with van der Waals surface area (Å²) in [4.78, 5) is 16.2. The molecular formula is C24H20F3N4O6S2-. The number of hydrogen-bond donors (Lipinski definition) is 1. The molecule has 2 aromatic carbocycles. The average molecular weight is 582 g/mol. The minimum atomic E-state index is -5.19. The van der Waals surface area contributed by atoms with Crippen LogP contribution in [0.2, 0.25) is 0 Å². The van der Waals surface area contributed by atoms with E-state index in [0.29, 0.717) is 26.5 Å². The van der Waals surface area contributed by atoms with Gasteiger partial charge in [0.05, 0.1) is 6.04 Å². The summed E-state index contributed by atoms with van der Waals surface area (Å²) < 4.78 is 92.5. The number of nitrogens with zero attached hydrogens (tertiary/aromatic N) is 3. The largest absolute Gasteiger partial charge is 0.755 e. The minimum absolute atomic E-state index is 0.0868. The number of carbonyl (C=O) groups excluding carboxylic acids is 1. The Kier molecular flexibility index (Phi) is 8.04. The van der Waals surface area contributed by atoms with Crippen LogP contribution in [0.5, 0.6) is 0 Å². The predicted molar refractivity (Wildman–Crippen MR) is 135 cm³/mol. The van der Waals surface area contributed by atoms with Crippen LogP contribution in [0.1, 0.15) is 17.3 Å². The van der Waals surface area contributed by atoms with E-state index in [1.807, 2.05) is 5.32 Å². The van der Waals surface area contributed by atoms with Crippen LogP contribution >= 0.6 is 0 Å². The standard InChI is InChI=1S/C24H21F3N4O6S2/c1-39(35,36)14-31(38(33)34)21-12-6-7-15(28-21)13-19(29-23(32)24(25,26)27)16-8-2-3-9-17(16)22-18-10-4-5-11-20(18)37-30-22/h2-12,19H,13-14H2,1H3,(H,29,32)(H,33,34)/p-1. The third kappa shape index (κ3) is 6.79. The fourth-order valence-corrected chi connectivity index (χ4v) is 5.63. The number of anilines is 1. The van der Waals surface area contributed by atoms with Crippen LogP contribution in [-0.2, 0) is 32.3 Å². The van der Waals surface area contributed by atoms with Gasteiger partial charge in [-0.1, -0.05) is 47.6 Å². The number of hydrogen-bond acceptors (Lipinski definition) is 8. The molecule has 4 aromatic rings. The Labute approximate surface area is 223 Å². The van der Waals surface area contributed by atoms with Gasteiger partial charge in [0.1, 0.15) is 17.4 Å². The highest BCUT2D eigenvalue weighted by molar-refractivity contribution is 7.92. The van der Waals surface area contributed by atoms with E-state index in [2.05, 4.69) is 10.1 Å². The number of pyridine rings is 1. The molecule has 0 saturated carbocycles. The Morgan fingerprint density at radius 3 is 2.49 bits per heavy atom. The second kappa shape index (κ2) is 11.1. The van der Waals surface area contributed by atoms with Crippen molar-refractivity contribution in [3.8, 4) is 11.3 Å². The molecule has 0 aliphatic carbocycles. The molecule has 0 aliphatic heterocycles. The van der Waals surface area contributed by atoms with Crippen molar-refractivity contribution in [3.05, 3.63) is 78.0 Å². The van der Waals surface area contributed by atoms with E-state index < -0.39 is 45.1 Å². The molecule has 2 heterocycles. The first kappa shape index (κ1) is 28.2. The third-order valence-electron chi connectivity index (χ3n) is 5.52. The Morgan fingerprint density at radius 1 is 1.10 bits per heavy atom. The van der Waals surface area contributed by atoms with Gasteiger partial charge >= 0.3 is 12.1 Å². The van der Waals surface area contributed by atoms with Crippen LogP contribution in [0, 0.1) is 0 Å². The summed E-state index contributed by atoms with van der Waals surface area (Å²) in [6, 6.07) is 16.0. The second-order valence-corrected chi connectivity index (χ2v) is 11.5.